The summed E-state index contributed by atoms with van der Waals surface area (Å²) in [7, 11) is 0. The van der Waals surface area contributed by atoms with Crippen LogP contribution < -0.4 is 4.74 Å². The molecule has 2 rings (SSSR count). The van der Waals surface area contributed by atoms with Gasteiger partial charge in [0.1, 0.15) is 6.61 Å². The van der Waals surface area contributed by atoms with Crippen molar-refractivity contribution in [1.82, 2.24) is 9.97 Å². The first kappa shape index (κ1) is 15.3. The van der Waals surface area contributed by atoms with Crippen molar-refractivity contribution in [2.24, 2.45) is 0 Å². The third kappa shape index (κ3) is 3.73. The molecule has 0 aliphatic carbocycles. The predicted molar refractivity (Wildman–Crippen MR) is 77.8 cm³/mol. The van der Waals surface area contributed by atoms with E-state index in [1.54, 1.807) is 24.5 Å². The van der Waals surface area contributed by atoms with E-state index in [1.807, 2.05) is 0 Å². The van der Waals surface area contributed by atoms with Crippen molar-refractivity contribution >= 4 is 21.6 Å². The van der Waals surface area contributed by atoms with Gasteiger partial charge in [-0.25, -0.2) is 9.97 Å². The summed E-state index contributed by atoms with van der Waals surface area (Å²) in [5.41, 5.74) is 0.100. The zero-order valence-corrected chi connectivity index (χ0v) is 12.6. The van der Waals surface area contributed by atoms with E-state index in [-0.39, 0.29) is 18.0 Å². The number of ether oxygens (including phenoxy) is 1. The molecule has 1 atom stereocenters. The lowest BCUT2D eigenvalue weighted by Crippen LogP contribution is -2.06. The number of aliphatic hydroxyl groups excluding tert-OH is 1. The average Bonchev–Trinajstić information content (AvgIpc) is 2.46. The quantitative estimate of drug-likeness (QED) is 0.655. The Labute approximate surface area is 128 Å². The van der Waals surface area contributed by atoms with Crippen LogP contribution in [-0.4, -0.2) is 20.0 Å². The molecule has 0 saturated carbocycles. The highest BCUT2D eigenvalue weighted by Gasteiger charge is 2.23. The van der Waals surface area contributed by atoms with Crippen molar-refractivity contribution in [3.8, 4) is 5.75 Å². The molecule has 8 heteroatoms. The number of benzene rings is 1. The Bertz CT molecular complexity index is 649. The predicted octanol–water partition coefficient (Wildman–Crippen LogP) is 2.78. The van der Waals surface area contributed by atoms with E-state index < -0.39 is 11.0 Å². The van der Waals surface area contributed by atoms with Gasteiger partial charge in [0, 0.05) is 28.5 Å². The van der Waals surface area contributed by atoms with Crippen LogP contribution in [0.4, 0.5) is 5.69 Å². The molecule has 1 aromatic heterocycles. The van der Waals surface area contributed by atoms with Gasteiger partial charge < -0.3 is 9.84 Å². The SMILES string of the molecule is C[C@H](O)c1cc(Br)cc([N+](=O)[O-])c1OCc1ncccn1. The van der Waals surface area contributed by atoms with E-state index in [4.69, 9.17) is 4.74 Å². The number of hydrogen-bond acceptors (Lipinski definition) is 6. The molecule has 0 aliphatic rings. The maximum absolute atomic E-state index is 11.2. The van der Waals surface area contributed by atoms with Crippen LogP contribution in [-0.2, 0) is 6.61 Å². The molecule has 0 radical (unpaired) electrons. The normalized spacial score (nSPS) is 12.0. The number of rotatable bonds is 5. The lowest BCUT2D eigenvalue weighted by atomic mass is 10.1. The fourth-order valence-corrected chi connectivity index (χ4v) is 2.21. The van der Waals surface area contributed by atoms with E-state index in [2.05, 4.69) is 25.9 Å². The van der Waals surface area contributed by atoms with E-state index in [1.165, 1.54) is 13.0 Å². The molecule has 2 aromatic rings. The highest BCUT2D eigenvalue weighted by atomic mass is 79.9. The van der Waals surface area contributed by atoms with Gasteiger partial charge in [-0.15, -0.1) is 0 Å². The minimum Gasteiger partial charge on any atom is -0.478 e. The number of hydrogen-bond donors (Lipinski definition) is 1. The molecular weight excluding hydrogens is 342 g/mol. The lowest BCUT2D eigenvalue weighted by Gasteiger charge is -2.13. The molecule has 0 amide bonds. The fourth-order valence-electron chi connectivity index (χ4n) is 1.74. The second kappa shape index (κ2) is 6.59. The molecule has 0 aliphatic heterocycles. The summed E-state index contributed by atoms with van der Waals surface area (Å²) in [6.07, 6.45) is 2.20. The zero-order chi connectivity index (χ0) is 15.4. The minimum atomic E-state index is -0.909. The molecule has 0 bridgehead atoms. The number of nitrogens with zero attached hydrogens (tertiary/aromatic N) is 3. The Morgan fingerprint density at radius 1 is 1.43 bits per heavy atom. The molecule has 1 aromatic carbocycles. The van der Waals surface area contributed by atoms with Crippen molar-refractivity contribution in [1.29, 1.82) is 0 Å². The molecule has 110 valence electrons. The second-order valence-corrected chi connectivity index (χ2v) is 5.15. The first-order chi connectivity index (χ1) is 9.99. The van der Waals surface area contributed by atoms with E-state index in [0.29, 0.717) is 15.9 Å². The Balaban J connectivity index is 2.38. The van der Waals surface area contributed by atoms with Gasteiger partial charge in [-0.3, -0.25) is 10.1 Å². The monoisotopic (exact) mass is 353 g/mol. The van der Waals surface area contributed by atoms with Crippen molar-refractivity contribution in [3.05, 3.63) is 56.6 Å². The average molecular weight is 354 g/mol. The van der Waals surface area contributed by atoms with Crippen molar-refractivity contribution < 1.29 is 14.8 Å². The van der Waals surface area contributed by atoms with Crippen LogP contribution >= 0.6 is 15.9 Å². The van der Waals surface area contributed by atoms with Crippen molar-refractivity contribution in [3.63, 3.8) is 0 Å². The van der Waals surface area contributed by atoms with Crippen LogP contribution in [0.25, 0.3) is 0 Å². The first-order valence-corrected chi connectivity index (χ1v) is 6.83. The molecule has 0 fully saturated rings. The molecule has 7 nitrogen and oxygen atoms in total. The topological polar surface area (TPSA) is 98.4 Å². The molecule has 0 saturated heterocycles. The molecule has 1 N–H and O–H groups in total. The highest BCUT2D eigenvalue weighted by Crippen LogP contribution is 2.38. The van der Waals surface area contributed by atoms with Crippen molar-refractivity contribution in [2.45, 2.75) is 19.6 Å². The van der Waals surface area contributed by atoms with Crippen LogP contribution in [0.15, 0.2) is 35.1 Å². The van der Waals surface area contributed by atoms with Crippen LogP contribution in [0.3, 0.4) is 0 Å². The first-order valence-electron chi connectivity index (χ1n) is 6.03. The summed E-state index contributed by atoms with van der Waals surface area (Å²) < 4.78 is 5.98. The van der Waals surface area contributed by atoms with Gasteiger partial charge in [0.15, 0.2) is 5.82 Å². The van der Waals surface area contributed by atoms with Gasteiger partial charge in [-0.05, 0) is 19.1 Å². The Kier molecular flexibility index (Phi) is 4.81. The van der Waals surface area contributed by atoms with E-state index in [0.717, 1.165) is 0 Å². The van der Waals surface area contributed by atoms with Crippen LogP contribution in [0, 0.1) is 10.1 Å². The molecule has 0 unspecified atom stereocenters. The largest absolute Gasteiger partial charge is 0.478 e. The molecular formula is C13H12BrN3O4. The number of halogens is 1. The smallest absolute Gasteiger partial charge is 0.312 e. The highest BCUT2D eigenvalue weighted by molar-refractivity contribution is 9.10. The number of nitro groups is 1. The van der Waals surface area contributed by atoms with Gasteiger partial charge in [0.05, 0.1) is 11.0 Å². The summed E-state index contributed by atoms with van der Waals surface area (Å²) in [5.74, 6) is 0.414. The third-order valence-corrected chi connectivity index (χ3v) is 3.13. The second-order valence-electron chi connectivity index (χ2n) is 4.23. The van der Waals surface area contributed by atoms with Gasteiger partial charge in [-0.1, -0.05) is 15.9 Å². The maximum atomic E-state index is 11.2. The van der Waals surface area contributed by atoms with Crippen LogP contribution in [0.2, 0.25) is 0 Å². The summed E-state index contributed by atoms with van der Waals surface area (Å²) in [6.45, 7) is 1.49. The number of aliphatic hydroxyl groups is 1. The van der Waals surface area contributed by atoms with Gasteiger partial charge in [0.2, 0.25) is 5.75 Å². The minimum absolute atomic E-state index is 0.0191. The van der Waals surface area contributed by atoms with Gasteiger partial charge >= 0.3 is 5.69 Å². The Morgan fingerprint density at radius 3 is 2.67 bits per heavy atom. The number of nitro benzene ring substituents is 1. The Hall–Kier alpha value is -2.06. The molecule has 1 heterocycles. The van der Waals surface area contributed by atoms with Gasteiger partial charge in [-0.2, -0.15) is 0 Å². The molecule has 21 heavy (non-hydrogen) atoms. The fraction of sp³-hybridized carbons (Fsp3) is 0.231. The summed E-state index contributed by atoms with van der Waals surface area (Å²) in [6, 6.07) is 4.57. The maximum Gasteiger partial charge on any atom is 0.312 e. The Morgan fingerprint density at radius 2 is 2.10 bits per heavy atom. The number of aromatic nitrogens is 2. The summed E-state index contributed by atoms with van der Waals surface area (Å²) >= 11 is 3.18. The molecule has 0 spiro atoms. The van der Waals surface area contributed by atoms with Crippen molar-refractivity contribution in [2.75, 3.05) is 0 Å². The van der Waals surface area contributed by atoms with Gasteiger partial charge in [0.25, 0.3) is 0 Å². The van der Waals surface area contributed by atoms with E-state index in [9.17, 15) is 15.2 Å². The third-order valence-electron chi connectivity index (χ3n) is 2.67. The van der Waals surface area contributed by atoms with Crippen LogP contribution in [0.5, 0.6) is 5.75 Å². The standard InChI is InChI=1S/C13H12BrN3O4/c1-8(18)10-5-9(14)6-11(17(19)20)13(10)21-7-12-15-3-2-4-16-12/h2-6,8,18H,7H2,1H3/t8-/m0/s1. The van der Waals surface area contributed by atoms with Crippen LogP contribution in [0.1, 0.15) is 24.4 Å². The lowest BCUT2D eigenvalue weighted by molar-refractivity contribution is -0.386. The van der Waals surface area contributed by atoms with E-state index >= 15 is 0 Å². The summed E-state index contributed by atoms with van der Waals surface area (Å²) in [4.78, 5) is 18.6. The summed E-state index contributed by atoms with van der Waals surface area (Å²) in [5, 5.41) is 20.9. The zero-order valence-electron chi connectivity index (χ0n) is 11.1.